The zero-order valence-corrected chi connectivity index (χ0v) is 11.9. The van der Waals surface area contributed by atoms with E-state index in [-0.39, 0.29) is 17.5 Å². The highest BCUT2D eigenvalue weighted by atomic mass is 16.6. The van der Waals surface area contributed by atoms with Gasteiger partial charge in [-0.15, -0.1) is 0 Å². The maximum absolute atomic E-state index is 11.9. The van der Waals surface area contributed by atoms with Crippen molar-refractivity contribution in [2.24, 2.45) is 11.8 Å². The van der Waals surface area contributed by atoms with Crippen LogP contribution in [-0.2, 0) is 9.53 Å². The Balaban J connectivity index is 2.59. The predicted octanol–water partition coefficient (Wildman–Crippen LogP) is 4.10. The first-order valence-electron chi connectivity index (χ1n) is 6.75. The standard InChI is InChI=1S/C15H26O2/c1-6-12(3)14(16)17-15(4,5)13-9-7-11(2)8-10-13/h7,12-13H,6,8-10H2,1-5H3. The van der Waals surface area contributed by atoms with E-state index < -0.39 is 0 Å². The summed E-state index contributed by atoms with van der Waals surface area (Å²) in [6.45, 7) is 10.2. The maximum Gasteiger partial charge on any atom is 0.309 e. The Morgan fingerprint density at radius 3 is 2.71 bits per heavy atom. The van der Waals surface area contributed by atoms with Gasteiger partial charge >= 0.3 is 5.97 Å². The zero-order chi connectivity index (χ0) is 13.1. The molecular formula is C15H26O2. The van der Waals surface area contributed by atoms with Gasteiger partial charge in [-0.3, -0.25) is 4.79 Å². The number of hydrogen-bond acceptors (Lipinski definition) is 2. The lowest BCUT2D eigenvalue weighted by molar-refractivity contribution is -0.166. The number of hydrogen-bond donors (Lipinski definition) is 0. The number of esters is 1. The Kier molecular flexibility index (Phi) is 4.79. The van der Waals surface area contributed by atoms with E-state index in [2.05, 4.69) is 13.0 Å². The van der Waals surface area contributed by atoms with Crippen LogP contribution in [0.5, 0.6) is 0 Å². The van der Waals surface area contributed by atoms with Crippen molar-refractivity contribution in [3.05, 3.63) is 11.6 Å². The van der Waals surface area contributed by atoms with E-state index in [1.54, 1.807) is 0 Å². The summed E-state index contributed by atoms with van der Waals surface area (Å²) in [6.07, 6.45) is 6.43. The first kappa shape index (κ1) is 14.3. The van der Waals surface area contributed by atoms with Crippen molar-refractivity contribution in [1.82, 2.24) is 0 Å². The van der Waals surface area contributed by atoms with Crippen LogP contribution in [0.4, 0.5) is 0 Å². The molecule has 1 aliphatic rings. The normalized spacial score (nSPS) is 22.9. The summed E-state index contributed by atoms with van der Waals surface area (Å²) >= 11 is 0. The summed E-state index contributed by atoms with van der Waals surface area (Å²) in [5, 5.41) is 0. The average Bonchev–Trinajstić information content (AvgIpc) is 2.27. The molecule has 2 nitrogen and oxygen atoms in total. The molecule has 2 heteroatoms. The molecule has 0 spiro atoms. The van der Waals surface area contributed by atoms with Crippen molar-refractivity contribution in [2.45, 2.75) is 65.9 Å². The predicted molar refractivity (Wildman–Crippen MR) is 70.7 cm³/mol. The van der Waals surface area contributed by atoms with Crippen molar-refractivity contribution >= 4 is 5.97 Å². The van der Waals surface area contributed by atoms with Gasteiger partial charge in [0.25, 0.3) is 0 Å². The SMILES string of the molecule is CCC(C)C(=O)OC(C)(C)C1CC=C(C)CC1. The smallest absolute Gasteiger partial charge is 0.309 e. The third kappa shape index (κ3) is 3.86. The average molecular weight is 238 g/mol. The van der Waals surface area contributed by atoms with Crippen LogP contribution in [0, 0.1) is 11.8 Å². The van der Waals surface area contributed by atoms with Crippen LogP contribution in [-0.4, -0.2) is 11.6 Å². The van der Waals surface area contributed by atoms with Crippen LogP contribution in [0.1, 0.15) is 60.3 Å². The Hall–Kier alpha value is -0.790. The minimum atomic E-state index is -0.336. The summed E-state index contributed by atoms with van der Waals surface area (Å²) < 4.78 is 5.70. The Morgan fingerprint density at radius 1 is 1.59 bits per heavy atom. The summed E-state index contributed by atoms with van der Waals surface area (Å²) in [4.78, 5) is 11.9. The van der Waals surface area contributed by atoms with E-state index in [1.807, 2.05) is 27.7 Å². The second-order valence-electron chi connectivity index (χ2n) is 5.86. The quantitative estimate of drug-likeness (QED) is 0.544. The van der Waals surface area contributed by atoms with Crippen molar-refractivity contribution in [1.29, 1.82) is 0 Å². The molecule has 0 aliphatic heterocycles. The molecule has 0 radical (unpaired) electrons. The van der Waals surface area contributed by atoms with Crippen molar-refractivity contribution in [3.8, 4) is 0 Å². The van der Waals surface area contributed by atoms with E-state index in [9.17, 15) is 4.79 Å². The Morgan fingerprint density at radius 2 is 2.24 bits per heavy atom. The molecule has 17 heavy (non-hydrogen) atoms. The Labute approximate surface area is 105 Å². The zero-order valence-electron chi connectivity index (χ0n) is 11.9. The van der Waals surface area contributed by atoms with Crippen LogP contribution in [0.15, 0.2) is 11.6 Å². The summed E-state index contributed by atoms with van der Waals surface area (Å²) in [5.41, 5.74) is 1.13. The van der Waals surface area contributed by atoms with Crippen LogP contribution in [0.2, 0.25) is 0 Å². The van der Waals surface area contributed by atoms with E-state index in [0.717, 1.165) is 25.7 Å². The summed E-state index contributed by atoms with van der Waals surface area (Å²) in [6, 6.07) is 0. The fraction of sp³-hybridized carbons (Fsp3) is 0.800. The Bertz CT molecular complexity index is 302. The number of rotatable bonds is 4. The van der Waals surface area contributed by atoms with Crippen molar-refractivity contribution in [2.75, 3.05) is 0 Å². The molecule has 0 saturated carbocycles. The molecule has 0 aromatic rings. The van der Waals surface area contributed by atoms with Gasteiger partial charge in [0.1, 0.15) is 5.60 Å². The van der Waals surface area contributed by atoms with E-state index in [0.29, 0.717) is 5.92 Å². The molecule has 1 aliphatic carbocycles. The van der Waals surface area contributed by atoms with Crippen molar-refractivity contribution in [3.63, 3.8) is 0 Å². The van der Waals surface area contributed by atoms with E-state index in [1.165, 1.54) is 5.57 Å². The topological polar surface area (TPSA) is 26.3 Å². The fourth-order valence-corrected chi connectivity index (χ4v) is 2.21. The van der Waals surface area contributed by atoms with Crippen LogP contribution in [0.3, 0.4) is 0 Å². The molecule has 98 valence electrons. The van der Waals surface area contributed by atoms with Crippen LogP contribution < -0.4 is 0 Å². The molecule has 0 amide bonds. The highest BCUT2D eigenvalue weighted by molar-refractivity contribution is 5.72. The van der Waals surface area contributed by atoms with Gasteiger partial charge in [-0.1, -0.05) is 25.5 Å². The summed E-state index contributed by atoms with van der Waals surface area (Å²) in [7, 11) is 0. The lowest BCUT2D eigenvalue weighted by Crippen LogP contribution is -2.38. The van der Waals surface area contributed by atoms with Gasteiger partial charge in [0.2, 0.25) is 0 Å². The molecule has 1 rings (SSSR count). The fourth-order valence-electron chi connectivity index (χ4n) is 2.21. The van der Waals surface area contributed by atoms with Gasteiger partial charge in [-0.2, -0.15) is 0 Å². The molecule has 2 unspecified atom stereocenters. The van der Waals surface area contributed by atoms with E-state index in [4.69, 9.17) is 4.74 Å². The third-order valence-electron chi connectivity index (χ3n) is 4.00. The second kappa shape index (κ2) is 5.70. The second-order valence-corrected chi connectivity index (χ2v) is 5.86. The maximum atomic E-state index is 11.9. The third-order valence-corrected chi connectivity index (χ3v) is 4.00. The van der Waals surface area contributed by atoms with Crippen LogP contribution >= 0.6 is 0 Å². The van der Waals surface area contributed by atoms with Gasteiger partial charge in [0, 0.05) is 5.92 Å². The van der Waals surface area contributed by atoms with Gasteiger partial charge in [0.05, 0.1) is 5.92 Å². The lowest BCUT2D eigenvalue weighted by Gasteiger charge is -2.36. The number of carbonyl (C=O) groups excluding carboxylic acids is 1. The van der Waals surface area contributed by atoms with Gasteiger partial charge in [-0.25, -0.2) is 0 Å². The molecule has 0 aromatic carbocycles. The first-order valence-corrected chi connectivity index (χ1v) is 6.75. The summed E-state index contributed by atoms with van der Waals surface area (Å²) in [5.74, 6) is 0.415. The number of ether oxygens (including phenoxy) is 1. The minimum Gasteiger partial charge on any atom is -0.459 e. The molecular weight excluding hydrogens is 212 g/mol. The van der Waals surface area contributed by atoms with Gasteiger partial charge in [-0.05, 0) is 46.5 Å². The minimum absolute atomic E-state index is 0.00939. The number of carbonyl (C=O) groups is 1. The molecule has 0 fully saturated rings. The largest absolute Gasteiger partial charge is 0.459 e. The molecule has 0 N–H and O–H groups in total. The molecule has 0 saturated heterocycles. The number of allylic oxidation sites excluding steroid dienone is 2. The van der Waals surface area contributed by atoms with Crippen LogP contribution in [0.25, 0.3) is 0 Å². The first-order chi connectivity index (χ1) is 7.86. The van der Waals surface area contributed by atoms with E-state index >= 15 is 0 Å². The highest BCUT2D eigenvalue weighted by Crippen LogP contribution is 2.34. The van der Waals surface area contributed by atoms with Gasteiger partial charge in [0.15, 0.2) is 0 Å². The molecule has 0 heterocycles. The molecule has 0 bridgehead atoms. The van der Waals surface area contributed by atoms with Crippen molar-refractivity contribution < 1.29 is 9.53 Å². The lowest BCUT2D eigenvalue weighted by atomic mass is 9.79. The molecule has 2 atom stereocenters. The van der Waals surface area contributed by atoms with Gasteiger partial charge < -0.3 is 4.74 Å². The molecule has 0 aromatic heterocycles. The monoisotopic (exact) mass is 238 g/mol. The highest BCUT2D eigenvalue weighted by Gasteiger charge is 2.34.